The first-order valence-corrected chi connectivity index (χ1v) is 11.5. The van der Waals surface area contributed by atoms with Crippen LogP contribution in [0.4, 0.5) is 0 Å². The van der Waals surface area contributed by atoms with Crippen LogP contribution >= 0.6 is 0 Å². The minimum Gasteiger partial charge on any atom is -0.507 e. The number of ether oxygens (including phenoxy) is 3. The molecule has 1 amide bonds. The van der Waals surface area contributed by atoms with E-state index in [1.54, 1.807) is 18.9 Å². The molecular weight excluding hydrogens is 456 g/mol. The third-order valence-corrected chi connectivity index (χ3v) is 7.96. The molecule has 6 rings (SSSR count). The van der Waals surface area contributed by atoms with Crippen molar-refractivity contribution in [3.8, 4) is 28.7 Å². The average molecular weight is 482 g/mol. The molecule has 184 valence electrons. The molecule has 10 nitrogen and oxygen atoms in total. The molecule has 1 saturated heterocycles. The van der Waals surface area contributed by atoms with E-state index >= 15 is 0 Å². The SMILES string of the molecule is COc1c(C)cc2c(c1O)C1C3C(=O)c4c(O)c(C)c5c(c4[C@H](CO)N3C(=O)[C@H](C2)N1C)OCO5. The molecule has 0 aromatic heterocycles. The lowest BCUT2D eigenvalue weighted by molar-refractivity contribution is -0.155. The van der Waals surface area contributed by atoms with Crippen molar-refractivity contribution in [1.82, 2.24) is 9.80 Å². The predicted molar refractivity (Wildman–Crippen MR) is 121 cm³/mol. The number of benzene rings is 2. The molecule has 2 aromatic rings. The Bertz CT molecular complexity index is 1320. The molecule has 1 fully saturated rings. The molecule has 4 aliphatic heterocycles. The van der Waals surface area contributed by atoms with Crippen LogP contribution in [0.2, 0.25) is 0 Å². The van der Waals surface area contributed by atoms with Crippen molar-refractivity contribution < 1.29 is 39.1 Å². The number of hydrogen-bond acceptors (Lipinski definition) is 9. The summed E-state index contributed by atoms with van der Waals surface area (Å²) < 4.78 is 16.6. The number of aliphatic hydroxyl groups is 1. The van der Waals surface area contributed by atoms with E-state index in [9.17, 15) is 24.9 Å². The number of phenolic OH excluding ortho intramolecular Hbond substituents is 2. The van der Waals surface area contributed by atoms with Crippen LogP contribution in [0.1, 0.15) is 50.3 Å². The average Bonchev–Trinajstić information content (AvgIpc) is 3.31. The fourth-order valence-corrected chi connectivity index (χ4v) is 6.42. The summed E-state index contributed by atoms with van der Waals surface area (Å²) >= 11 is 0. The van der Waals surface area contributed by atoms with Crippen molar-refractivity contribution in [3.63, 3.8) is 0 Å². The van der Waals surface area contributed by atoms with Crippen LogP contribution < -0.4 is 14.2 Å². The zero-order chi connectivity index (χ0) is 24.9. The largest absolute Gasteiger partial charge is 0.507 e. The van der Waals surface area contributed by atoms with Crippen molar-refractivity contribution in [2.45, 2.75) is 44.4 Å². The van der Waals surface area contributed by atoms with Gasteiger partial charge in [0.2, 0.25) is 12.7 Å². The number of fused-ring (bicyclic) bond motifs is 9. The van der Waals surface area contributed by atoms with Gasteiger partial charge in [-0.25, -0.2) is 0 Å². The molecule has 0 spiro atoms. The molecule has 3 N–H and O–H groups in total. The lowest BCUT2D eigenvalue weighted by Crippen LogP contribution is -2.68. The molecule has 4 aliphatic rings. The Kier molecular flexibility index (Phi) is 4.56. The van der Waals surface area contributed by atoms with E-state index in [4.69, 9.17) is 14.2 Å². The van der Waals surface area contributed by atoms with E-state index in [1.807, 2.05) is 13.0 Å². The van der Waals surface area contributed by atoms with E-state index in [2.05, 4.69) is 0 Å². The zero-order valence-corrected chi connectivity index (χ0v) is 19.8. The summed E-state index contributed by atoms with van der Waals surface area (Å²) in [6, 6.07) is -1.44. The van der Waals surface area contributed by atoms with Gasteiger partial charge in [0.05, 0.1) is 37.4 Å². The number of carbonyl (C=O) groups excluding carboxylic acids is 2. The minimum absolute atomic E-state index is 0.0115. The number of aromatic hydroxyl groups is 2. The number of phenols is 2. The number of ketones is 1. The Morgan fingerprint density at radius 1 is 1.09 bits per heavy atom. The number of amides is 1. The van der Waals surface area contributed by atoms with Crippen LogP contribution in [0, 0.1) is 13.8 Å². The highest BCUT2D eigenvalue weighted by Crippen LogP contribution is 2.57. The van der Waals surface area contributed by atoms with Crippen LogP contribution in [0.25, 0.3) is 0 Å². The van der Waals surface area contributed by atoms with Gasteiger partial charge in [-0.3, -0.25) is 14.5 Å². The molecular formula is C25H26N2O8. The summed E-state index contributed by atoms with van der Waals surface area (Å²) in [4.78, 5) is 31.2. The van der Waals surface area contributed by atoms with Gasteiger partial charge in [-0.1, -0.05) is 6.07 Å². The molecule has 35 heavy (non-hydrogen) atoms. The minimum atomic E-state index is -1.09. The fraction of sp³-hybridized carbons (Fsp3) is 0.440. The number of hydrogen-bond donors (Lipinski definition) is 3. The normalized spacial score (nSPS) is 26.4. The van der Waals surface area contributed by atoms with Crippen molar-refractivity contribution in [2.75, 3.05) is 27.6 Å². The first kappa shape index (κ1) is 22.0. The number of methoxy groups -OCH3 is 1. The Balaban J connectivity index is 1.64. The molecule has 0 saturated carbocycles. The van der Waals surface area contributed by atoms with Gasteiger partial charge < -0.3 is 34.4 Å². The number of likely N-dealkylation sites (N-methyl/N-ethyl adjacent to an activating group) is 1. The Labute approximate surface area is 201 Å². The van der Waals surface area contributed by atoms with Gasteiger partial charge in [0.25, 0.3) is 0 Å². The summed E-state index contributed by atoms with van der Waals surface area (Å²) in [6.45, 7) is 2.86. The second-order valence-corrected chi connectivity index (χ2v) is 9.56. The van der Waals surface area contributed by atoms with E-state index < -0.39 is 36.6 Å². The van der Waals surface area contributed by atoms with E-state index in [1.165, 1.54) is 12.0 Å². The van der Waals surface area contributed by atoms with Gasteiger partial charge in [0, 0.05) is 16.7 Å². The van der Waals surface area contributed by atoms with Crippen LogP contribution in [0.3, 0.4) is 0 Å². The molecule has 2 aromatic carbocycles. The first-order chi connectivity index (χ1) is 16.7. The summed E-state index contributed by atoms with van der Waals surface area (Å²) in [5.74, 6) is -0.251. The first-order valence-electron chi connectivity index (χ1n) is 11.5. The topological polar surface area (TPSA) is 129 Å². The molecule has 2 unspecified atom stereocenters. The van der Waals surface area contributed by atoms with Crippen LogP contribution in [-0.4, -0.2) is 76.5 Å². The number of Topliss-reactive ketones (excluding diaryl/α,β-unsaturated/α-hetero) is 1. The Morgan fingerprint density at radius 3 is 2.49 bits per heavy atom. The van der Waals surface area contributed by atoms with Crippen molar-refractivity contribution in [1.29, 1.82) is 0 Å². The molecule has 10 heteroatoms. The summed E-state index contributed by atoms with van der Waals surface area (Å²) in [7, 11) is 3.22. The van der Waals surface area contributed by atoms with E-state index in [0.29, 0.717) is 29.0 Å². The van der Waals surface area contributed by atoms with Gasteiger partial charge in [-0.2, -0.15) is 0 Å². The Morgan fingerprint density at radius 2 is 1.80 bits per heavy atom. The second kappa shape index (κ2) is 7.25. The quantitative estimate of drug-likeness (QED) is 0.583. The number of piperazine rings is 1. The lowest BCUT2D eigenvalue weighted by atomic mass is 9.73. The number of rotatable bonds is 2. The third-order valence-electron chi connectivity index (χ3n) is 7.96. The van der Waals surface area contributed by atoms with Crippen molar-refractivity contribution >= 4 is 11.7 Å². The van der Waals surface area contributed by atoms with Crippen LogP contribution in [0.15, 0.2) is 6.07 Å². The standard InChI is InChI=1S/C25H26N2O8/c1-9-5-11-6-12-25(32)27-13(7-28)15-16(19(29)10(2)23-24(15)35-8-34-23)20(30)18(27)17(26(12)3)14(11)21(31)22(9)33-4/h5,12-13,17-18,28-29,31H,6-8H2,1-4H3/t12-,13-,17?,18?/m0/s1. The molecule has 4 heterocycles. The molecule has 4 atom stereocenters. The highest BCUT2D eigenvalue weighted by atomic mass is 16.7. The summed E-state index contributed by atoms with van der Waals surface area (Å²) in [5.41, 5.74) is 2.63. The van der Waals surface area contributed by atoms with Gasteiger partial charge in [0.15, 0.2) is 28.8 Å². The monoisotopic (exact) mass is 482 g/mol. The fourth-order valence-electron chi connectivity index (χ4n) is 6.42. The van der Waals surface area contributed by atoms with Gasteiger partial charge in [0.1, 0.15) is 11.8 Å². The number of nitrogens with zero attached hydrogens (tertiary/aromatic N) is 2. The van der Waals surface area contributed by atoms with E-state index in [0.717, 1.165) is 11.1 Å². The maximum absolute atomic E-state index is 14.1. The highest BCUT2D eigenvalue weighted by Gasteiger charge is 2.59. The van der Waals surface area contributed by atoms with Crippen LogP contribution in [0.5, 0.6) is 28.7 Å². The molecule has 2 bridgehead atoms. The van der Waals surface area contributed by atoms with E-state index in [-0.39, 0.29) is 41.1 Å². The van der Waals surface area contributed by atoms with Crippen molar-refractivity contribution in [3.05, 3.63) is 39.4 Å². The summed E-state index contributed by atoms with van der Waals surface area (Å²) in [5, 5.41) is 32.8. The number of aryl methyl sites for hydroxylation is 1. The maximum Gasteiger partial charge on any atom is 0.241 e. The van der Waals surface area contributed by atoms with Gasteiger partial charge in [-0.05, 0) is 38.4 Å². The lowest BCUT2D eigenvalue weighted by Gasteiger charge is -2.56. The Hall–Kier alpha value is -3.50. The maximum atomic E-state index is 14.1. The van der Waals surface area contributed by atoms with Crippen molar-refractivity contribution in [2.24, 2.45) is 0 Å². The smallest absolute Gasteiger partial charge is 0.241 e. The highest BCUT2D eigenvalue weighted by molar-refractivity contribution is 6.10. The molecule has 0 aliphatic carbocycles. The summed E-state index contributed by atoms with van der Waals surface area (Å²) in [6.07, 6.45) is 0.332. The number of aliphatic hydroxyl groups excluding tert-OH is 1. The van der Waals surface area contributed by atoms with Gasteiger partial charge in [-0.15, -0.1) is 0 Å². The number of carbonyl (C=O) groups is 2. The van der Waals surface area contributed by atoms with Gasteiger partial charge >= 0.3 is 0 Å². The molecule has 0 radical (unpaired) electrons. The zero-order valence-electron chi connectivity index (χ0n) is 19.8. The van der Waals surface area contributed by atoms with Crippen LogP contribution in [-0.2, 0) is 11.2 Å². The third kappa shape index (κ3) is 2.55. The predicted octanol–water partition coefficient (Wildman–Crippen LogP) is 1.49. The second-order valence-electron chi connectivity index (χ2n) is 9.56.